The van der Waals surface area contributed by atoms with Crippen molar-refractivity contribution in [2.45, 2.75) is 45.2 Å². The summed E-state index contributed by atoms with van der Waals surface area (Å²) in [7, 11) is 0. The van der Waals surface area contributed by atoms with Crippen molar-refractivity contribution < 1.29 is 14.4 Å². The molecule has 0 radical (unpaired) electrons. The molecule has 1 aromatic carbocycles. The Labute approximate surface area is 167 Å². The Morgan fingerprint density at radius 1 is 1.21 bits per heavy atom. The lowest BCUT2D eigenvalue weighted by atomic mass is 10.1. The van der Waals surface area contributed by atoms with Crippen molar-refractivity contribution in [3.05, 3.63) is 30.1 Å². The van der Waals surface area contributed by atoms with Gasteiger partial charge < -0.3 is 15.2 Å². The Kier molecular flexibility index (Phi) is 5.24. The standard InChI is InChI=1S/C21H23N5O3/c22-21-19-20(15-7-1-2-8-16(15)23-21)26(11-5-6-14(28)13-27)17(24-19)12-25-10-4-3-9-18(25)29/h1-2,7-8,13H,3-6,9-12H2,(H2,22,23). The van der Waals surface area contributed by atoms with E-state index >= 15 is 0 Å². The van der Waals surface area contributed by atoms with Gasteiger partial charge in [0.15, 0.2) is 17.9 Å². The van der Waals surface area contributed by atoms with Gasteiger partial charge in [0.1, 0.15) is 11.3 Å². The summed E-state index contributed by atoms with van der Waals surface area (Å²) in [5.74, 6) is 0.765. The molecule has 2 N–H and O–H groups in total. The highest BCUT2D eigenvalue weighted by Crippen LogP contribution is 2.30. The Hall–Kier alpha value is -3.29. The third-order valence-corrected chi connectivity index (χ3v) is 5.38. The molecule has 0 atom stereocenters. The molecule has 2 aromatic heterocycles. The number of para-hydroxylation sites is 1. The van der Waals surface area contributed by atoms with Crippen molar-refractivity contribution in [3.8, 4) is 0 Å². The van der Waals surface area contributed by atoms with Gasteiger partial charge in [-0.15, -0.1) is 0 Å². The number of likely N-dealkylation sites (tertiary alicyclic amines) is 1. The van der Waals surface area contributed by atoms with Gasteiger partial charge in [-0.2, -0.15) is 0 Å². The van der Waals surface area contributed by atoms with Gasteiger partial charge in [-0.3, -0.25) is 14.4 Å². The van der Waals surface area contributed by atoms with Crippen LogP contribution in [0.2, 0.25) is 0 Å². The van der Waals surface area contributed by atoms with Crippen LogP contribution in [0, 0.1) is 0 Å². The Balaban J connectivity index is 1.80. The number of hydrogen-bond donors (Lipinski definition) is 1. The first-order valence-corrected chi connectivity index (χ1v) is 9.87. The van der Waals surface area contributed by atoms with Crippen LogP contribution in [0.15, 0.2) is 24.3 Å². The number of piperidine rings is 1. The topological polar surface area (TPSA) is 111 Å². The van der Waals surface area contributed by atoms with E-state index < -0.39 is 5.78 Å². The third kappa shape index (κ3) is 3.70. The van der Waals surface area contributed by atoms with E-state index in [1.165, 1.54) is 0 Å². The number of nitrogen functional groups attached to an aromatic ring is 1. The van der Waals surface area contributed by atoms with Gasteiger partial charge in [0.25, 0.3) is 0 Å². The van der Waals surface area contributed by atoms with Crippen LogP contribution in [0.5, 0.6) is 0 Å². The van der Waals surface area contributed by atoms with E-state index in [1.807, 2.05) is 33.7 Å². The molecule has 0 spiro atoms. The van der Waals surface area contributed by atoms with Gasteiger partial charge in [-0.05, 0) is 25.3 Å². The molecule has 1 saturated heterocycles. The number of hydrogen-bond acceptors (Lipinski definition) is 6. The van der Waals surface area contributed by atoms with Crippen LogP contribution in [0.3, 0.4) is 0 Å². The van der Waals surface area contributed by atoms with Gasteiger partial charge in [0.05, 0.1) is 17.6 Å². The fraction of sp³-hybridized carbons (Fsp3) is 0.381. The molecule has 8 heteroatoms. The summed E-state index contributed by atoms with van der Waals surface area (Å²) in [6.45, 7) is 1.60. The SMILES string of the molecule is Nc1nc2ccccc2c2c1nc(CN1CCCCC1=O)n2CCCC(=O)C=O. The van der Waals surface area contributed by atoms with Crippen LogP contribution in [-0.2, 0) is 27.5 Å². The van der Waals surface area contributed by atoms with Gasteiger partial charge in [-0.1, -0.05) is 18.2 Å². The van der Waals surface area contributed by atoms with Crippen LogP contribution in [0.1, 0.15) is 37.9 Å². The zero-order chi connectivity index (χ0) is 20.4. The number of anilines is 1. The summed E-state index contributed by atoms with van der Waals surface area (Å²) in [4.78, 5) is 45.4. The fourth-order valence-electron chi connectivity index (χ4n) is 3.94. The number of aldehydes is 1. The van der Waals surface area contributed by atoms with Crippen molar-refractivity contribution >= 4 is 45.7 Å². The lowest BCUT2D eigenvalue weighted by Gasteiger charge is -2.26. The molecule has 1 aliphatic heterocycles. The summed E-state index contributed by atoms with van der Waals surface area (Å²) in [5.41, 5.74) is 8.42. The number of nitrogens with two attached hydrogens (primary N) is 1. The first-order chi connectivity index (χ1) is 14.1. The molecule has 0 bridgehead atoms. The van der Waals surface area contributed by atoms with Crippen molar-refractivity contribution in [2.24, 2.45) is 0 Å². The van der Waals surface area contributed by atoms with Crippen molar-refractivity contribution in [3.63, 3.8) is 0 Å². The number of carbonyl (C=O) groups excluding carboxylic acids is 3. The number of nitrogens with zero attached hydrogens (tertiary/aromatic N) is 4. The first kappa shape index (κ1) is 19.0. The minimum absolute atomic E-state index is 0.127. The zero-order valence-corrected chi connectivity index (χ0v) is 16.1. The summed E-state index contributed by atoms with van der Waals surface area (Å²) in [6.07, 6.45) is 3.48. The largest absolute Gasteiger partial charge is 0.382 e. The number of amides is 1. The highest BCUT2D eigenvalue weighted by atomic mass is 16.2. The molecule has 1 amide bonds. The summed E-state index contributed by atoms with van der Waals surface area (Å²) in [6, 6.07) is 7.69. The Bertz CT molecular complexity index is 1100. The van der Waals surface area contributed by atoms with Crippen LogP contribution in [-0.4, -0.2) is 44.0 Å². The number of rotatable bonds is 7. The average molecular weight is 393 g/mol. The van der Waals surface area contributed by atoms with E-state index in [4.69, 9.17) is 10.7 Å². The maximum absolute atomic E-state index is 12.3. The second kappa shape index (κ2) is 7.98. The molecular formula is C21H23N5O3. The normalized spacial score (nSPS) is 14.6. The van der Waals surface area contributed by atoms with Gasteiger partial charge >= 0.3 is 0 Å². The number of ketones is 1. The Morgan fingerprint density at radius 3 is 2.83 bits per heavy atom. The monoisotopic (exact) mass is 393 g/mol. The molecule has 0 saturated carbocycles. The summed E-state index contributed by atoms with van der Waals surface area (Å²) in [5, 5.41) is 0.919. The van der Waals surface area contributed by atoms with E-state index in [0.717, 1.165) is 35.1 Å². The van der Waals surface area contributed by atoms with E-state index in [9.17, 15) is 14.4 Å². The maximum atomic E-state index is 12.3. The van der Waals surface area contributed by atoms with E-state index in [2.05, 4.69) is 4.98 Å². The lowest BCUT2D eigenvalue weighted by Crippen LogP contribution is -2.35. The zero-order valence-electron chi connectivity index (χ0n) is 16.1. The first-order valence-electron chi connectivity index (χ1n) is 9.87. The minimum atomic E-state index is -0.423. The van der Waals surface area contributed by atoms with Crippen molar-refractivity contribution in [1.29, 1.82) is 0 Å². The fourth-order valence-corrected chi connectivity index (χ4v) is 3.94. The molecule has 0 unspecified atom stereocenters. The van der Waals surface area contributed by atoms with Gasteiger partial charge in [0, 0.05) is 31.3 Å². The summed E-state index contributed by atoms with van der Waals surface area (Å²) >= 11 is 0. The highest BCUT2D eigenvalue weighted by molar-refractivity contribution is 6.24. The predicted octanol–water partition coefficient (Wildman–Crippen LogP) is 2.23. The number of aryl methyl sites for hydroxylation is 1. The number of imidazole rings is 1. The molecule has 3 aromatic rings. The molecule has 0 aliphatic carbocycles. The number of aromatic nitrogens is 3. The molecule has 1 aliphatic rings. The maximum Gasteiger partial charge on any atom is 0.222 e. The average Bonchev–Trinajstić information content (AvgIpc) is 3.09. The third-order valence-electron chi connectivity index (χ3n) is 5.38. The Morgan fingerprint density at radius 2 is 2.03 bits per heavy atom. The molecule has 3 heterocycles. The smallest absolute Gasteiger partial charge is 0.222 e. The van der Waals surface area contributed by atoms with Crippen LogP contribution < -0.4 is 5.73 Å². The van der Waals surface area contributed by atoms with Crippen LogP contribution in [0.4, 0.5) is 5.82 Å². The van der Waals surface area contributed by atoms with Gasteiger partial charge in [-0.25, -0.2) is 9.97 Å². The van der Waals surface area contributed by atoms with Gasteiger partial charge in [0.2, 0.25) is 5.91 Å². The predicted molar refractivity (Wildman–Crippen MR) is 109 cm³/mol. The summed E-state index contributed by atoms with van der Waals surface area (Å²) < 4.78 is 2.02. The molecule has 29 heavy (non-hydrogen) atoms. The van der Waals surface area contributed by atoms with Crippen molar-refractivity contribution in [1.82, 2.24) is 19.4 Å². The molecule has 4 rings (SSSR count). The highest BCUT2D eigenvalue weighted by Gasteiger charge is 2.23. The number of fused-ring (bicyclic) bond motifs is 3. The number of benzene rings is 1. The van der Waals surface area contributed by atoms with E-state index in [1.54, 1.807) is 0 Å². The molecule has 1 fully saturated rings. The number of Topliss-reactive ketones (excluding diaryl/α,β-unsaturated/α-hetero) is 1. The molecule has 8 nitrogen and oxygen atoms in total. The molecule has 150 valence electrons. The van der Waals surface area contributed by atoms with Crippen LogP contribution >= 0.6 is 0 Å². The lowest BCUT2D eigenvalue weighted by molar-refractivity contribution is -0.134. The quantitative estimate of drug-likeness (QED) is 0.487. The number of carbonyl (C=O) groups is 3. The second-order valence-electron chi connectivity index (χ2n) is 7.35. The van der Waals surface area contributed by atoms with Crippen LogP contribution in [0.25, 0.3) is 21.9 Å². The second-order valence-corrected chi connectivity index (χ2v) is 7.35. The number of pyridine rings is 1. The van der Waals surface area contributed by atoms with E-state index in [0.29, 0.717) is 50.1 Å². The minimum Gasteiger partial charge on any atom is -0.382 e. The van der Waals surface area contributed by atoms with E-state index in [-0.39, 0.29) is 12.3 Å². The van der Waals surface area contributed by atoms with Crippen molar-refractivity contribution in [2.75, 3.05) is 12.3 Å². The molecular weight excluding hydrogens is 370 g/mol.